The molecule has 9 heteroatoms. The standard InChI is InChI=1S/C20H30N2O7/c1-20(2,3)29-19(26)22-15(18(25)27-4)12-21-17(24)16(10-11-23)28-13-14-8-6-5-7-9-14/h5-9,15-16,23H,10-13H2,1-4H3,(H,21,24)(H,22,26)/t15-,16-/m0/s1. The molecule has 1 aromatic carbocycles. The molecule has 0 aliphatic heterocycles. The molecule has 0 radical (unpaired) electrons. The Hall–Kier alpha value is -2.65. The minimum absolute atomic E-state index is 0.0844. The van der Waals surface area contributed by atoms with Crippen molar-refractivity contribution in [3.8, 4) is 0 Å². The molecule has 2 atom stereocenters. The van der Waals surface area contributed by atoms with Crippen LogP contribution < -0.4 is 10.6 Å². The van der Waals surface area contributed by atoms with Gasteiger partial charge in [0.25, 0.3) is 0 Å². The van der Waals surface area contributed by atoms with Crippen LogP contribution in [-0.2, 0) is 30.4 Å². The first-order valence-corrected chi connectivity index (χ1v) is 9.27. The maximum atomic E-state index is 12.4. The fourth-order valence-corrected chi connectivity index (χ4v) is 2.28. The third kappa shape index (κ3) is 9.91. The number of alkyl carbamates (subject to hydrolysis) is 1. The molecular weight excluding hydrogens is 380 g/mol. The Morgan fingerprint density at radius 2 is 1.79 bits per heavy atom. The second kappa shape index (κ2) is 12.0. The number of esters is 1. The van der Waals surface area contributed by atoms with Gasteiger partial charge in [-0.2, -0.15) is 0 Å². The third-order valence-corrected chi connectivity index (χ3v) is 3.63. The summed E-state index contributed by atoms with van der Waals surface area (Å²) in [5.41, 5.74) is 0.133. The maximum absolute atomic E-state index is 12.4. The van der Waals surface area contributed by atoms with Crippen LogP contribution in [0, 0.1) is 0 Å². The molecule has 162 valence electrons. The number of hydrogen-bond donors (Lipinski definition) is 3. The summed E-state index contributed by atoms with van der Waals surface area (Å²) < 4.78 is 15.4. The lowest BCUT2D eigenvalue weighted by Gasteiger charge is -2.23. The number of amides is 2. The molecule has 0 fully saturated rings. The second-order valence-electron chi connectivity index (χ2n) is 7.26. The van der Waals surface area contributed by atoms with Gasteiger partial charge in [-0.1, -0.05) is 30.3 Å². The largest absolute Gasteiger partial charge is 0.467 e. The van der Waals surface area contributed by atoms with Crippen molar-refractivity contribution < 1.29 is 33.7 Å². The van der Waals surface area contributed by atoms with E-state index in [1.807, 2.05) is 30.3 Å². The van der Waals surface area contributed by atoms with E-state index in [1.54, 1.807) is 20.8 Å². The Morgan fingerprint density at radius 1 is 1.14 bits per heavy atom. The van der Waals surface area contributed by atoms with E-state index in [0.717, 1.165) is 5.56 Å². The summed E-state index contributed by atoms with van der Waals surface area (Å²) in [7, 11) is 1.17. The van der Waals surface area contributed by atoms with Crippen LogP contribution in [0.2, 0.25) is 0 Å². The van der Waals surface area contributed by atoms with Gasteiger partial charge in [-0.25, -0.2) is 9.59 Å². The summed E-state index contributed by atoms with van der Waals surface area (Å²) in [6.45, 7) is 4.78. The SMILES string of the molecule is COC(=O)[C@H](CNC(=O)[C@H](CCO)OCc1ccccc1)NC(=O)OC(C)(C)C. The van der Waals surface area contributed by atoms with Crippen molar-refractivity contribution in [1.82, 2.24) is 10.6 Å². The van der Waals surface area contributed by atoms with Gasteiger partial charge in [-0.05, 0) is 26.3 Å². The Labute approximate surface area is 170 Å². The number of aliphatic hydroxyl groups excluding tert-OH is 1. The number of carbonyl (C=O) groups is 3. The highest BCUT2D eigenvalue weighted by atomic mass is 16.6. The molecule has 0 aliphatic rings. The zero-order valence-electron chi connectivity index (χ0n) is 17.3. The van der Waals surface area contributed by atoms with E-state index < -0.39 is 35.7 Å². The maximum Gasteiger partial charge on any atom is 0.408 e. The molecule has 1 rings (SSSR count). The van der Waals surface area contributed by atoms with Crippen LogP contribution in [0.4, 0.5) is 4.79 Å². The van der Waals surface area contributed by atoms with Crippen molar-refractivity contribution in [3.63, 3.8) is 0 Å². The van der Waals surface area contributed by atoms with Gasteiger partial charge in [-0.15, -0.1) is 0 Å². The summed E-state index contributed by atoms with van der Waals surface area (Å²) in [6.07, 6.45) is -1.64. The lowest BCUT2D eigenvalue weighted by atomic mass is 10.2. The first kappa shape index (κ1) is 24.4. The highest BCUT2D eigenvalue weighted by molar-refractivity contribution is 5.84. The van der Waals surface area contributed by atoms with Crippen LogP contribution in [0.25, 0.3) is 0 Å². The Morgan fingerprint density at radius 3 is 2.34 bits per heavy atom. The van der Waals surface area contributed by atoms with Crippen molar-refractivity contribution in [2.24, 2.45) is 0 Å². The monoisotopic (exact) mass is 410 g/mol. The van der Waals surface area contributed by atoms with Crippen LogP contribution in [0.15, 0.2) is 30.3 Å². The summed E-state index contributed by atoms with van der Waals surface area (Å²) >= 11 is 0. The molecule has 0 spiro atoms. The second-order valence-corrected chi connectivity index (χ2v) is 7.26. The zero-order valence-corrected chi connectivity index (χ0v) is 17.3. The average molecular weight is 410 g/mol. The lowest BCUT2D eigenvalue weighted by Crippen LogP contribution is -2.51. The minimum Gasteiger partial charge on any atom is -0.467 e. The van der Waals surface area contributed by atoms with Gasteiger partial charge >= 0.3 is 12.1 Å². The predicted octanol–water partition coefficient (Wildman–Crippen LogP) is 1.14. The van der Waals surface area contributed by atoms with Crippen molar-refractivity contribution in [2.45, 2.75) is 51.5 Å². The minimum atomic E-state index is -1.14. The first-order chi connectivity index (χ1) is 13.7. The van der Waals surface area contributed by atoms with Crippen LogP contribution >= 0.6 is 0 Å². The first-order valence-electron chi connectivity index (χ1n) is 9.27. The molecule has 3 N–H and O–H groups in total. The quantitative estimate of drug-likeness (QED) is 0.494. The fraction of sp³-hybridized carbons (Fsp3) is 0.550. The molecule has 29 heavy (non-hydrogen) atoms. The number of hydrogen-bond acceptors (Lipinski definition) is 7. The number of nitrogens with one attached hydrogen (secondary N) is 2. The van der Waals surface area contributed by atoms with Crippen LogP contribution in [0.3, 0.4) is 0 Å². The Balaban J connectivity index is 2.65. The molecule has 0 heterocycles. The molecule has 2 amide bonds. The van der Waals surface area contributed by atoms with Crippen molar-refractivity contribution in [2.75, 3.05) is 20.3 Å². The molecule has 9 nitrogen and oxygen atoms in total. The molecule has 0 saturated heterocycles. The lowest BCUT2D eigenvalue weighted by molar-refractivity contribution is -0.143. The topological polar surface area (TPSA) is 123 Å². The van der Waals surface area contributed by atoms with E-state index in [2.05, 4.69) is 15.4 Å². The van der Waals surface area contributed by atoms with Gasteiger partial charge in [0.05, 0.1) is 13.7 Å². The molecule has 0 bridgehead atoms. The highest BCUT2D eigenvalue weighted by Gasteiger charge is 2.27. The summed E-state index contributed by atoms with van der Waals surface area (Å²) in [5.74, 6) is -1.25. The summed E-state index contributed by atoms with van der Waals surface area (Å²) in [6, 6.07) is 8.14. The van der Waals surface area contributed by atoms with Crippen molar-refractivity contribution in [3.05, 3.63) is 35.9 Å². The van der Waals surface area contributed by atoms with Gasteiger partial charge in [-0.3, -0.25) is 4.79 Å². The average Bonchev–Trinajstić information content (AvgIpc) is 2.66. The smallest absolute Gasteiger partial charge is 0.408 e. The number of aliphatic hydroxyl groups is 1. The van der Waals surface area contributed by atoms with E-state index >= 15 is 0 Å². The molecule has 0 unspecified atom stereocenters. The molecule has 1 aromatic rings. The number of rotatable bonds is 10. The van der Waals surface area contributed by atoms with Gasteiger partial charge < -0.3 is 30.0 Å². The van der Waals surface area contributed by atoms with Gasteiger partial charge in [0.15, 0.2) is 0 Å². The van der Waals surface area contributed by atoms with E-state index in [4.69, 9.17) is 9.47 Å². The Kier molecular flexibility index (Phi) is 10.1. The summed E-state index contributed by atoms with van der Waals surface area (Å²) in [4.78, 5) is 36.3. The van der Waals surface area contributed by atoms with Gasteiger partial charge in [0.2, 0.25) is 5.91 Å². The fourth-order valence-electron chi connectivity index (χ4n) is 2.28. The van der Waals surface area contributed by atoms with Crippen LogP contribution in [0.1, 0.15) is 32.8 Å². The number of benzene rings is 1. The number of ether oxygens (including phenoxy) is 3. The van der Waals surface area contributed by atoms with Gasteiger partial charge in [0.1, 0.15) is 17.7 Å². The third-order valence-electron chi connectivity index (χ3n) is 3.63. The molecule has 0 aromatic heterocycles. The van der Waals surface area contributed by atoms with Crippen molar-refractivity contribution >= 4 is 18.0 Å². The highest BCUT2D eigenvalue weighted by Crippen LogP contribution is 2.08. The van der Waals surface area contributed by atoms with E-state index in [1.165, 1.54) is 7.11 Å². The van der Waals surface area contributed by atoms with E-state index in [-0.39, 0.29) is 26.2 Å². The Bertz CT molecular complexity index is 659. The van der Waals surface area contributed by atoms with Gasteiger partial charge in [0, 0.05) is 19.6 Å². The van der Waals surface area contributed by atoms with E-state index in [0.29, 0.717) is 0 Å². The molecule has 0 aliphatic carbocycles. The predicted molar refractivity (Wildman–Crippen MR) is 105 cm³/mol. The molecular formula is C20H30N2O7. The number of methoxy groups -OCH3 is 1. The van der Waals surface area contributed by atoms with Crippen LogP contribution in [0.5, 0.6) is 0 Å². The summed E-state index contributed by atoms with van der Waals surface area (Å²) in [5, 5.41) is 14.1. The number of carbonyl (C=O) groups excluding carboxylic acids is 3. The van der Waals surface area contributed by atoms with E-state index in [9.17, 15) is 19.5 Å². The van der Waals surface area contributed by atoms with Crippen LogP contribution in [-0.4, -0.2) is 61.1 Å². The normalized spacial score (nSPS) is 13.1. The van der Waals surface area contributed by atoms with Crippen molar-refractivity contribution in [1.29, 1.82) is 0 Å². The zero-order chi connectivity index (χ0) is 21.9. The molecule has 0 saturated carbocycles.